The summed E-state index contributed by atoms with van der Waals surface area (Å²) in [4.78, 5) is 19.0. The molecule has 1 amide bonds. The lowest BCUT2D eigenvalue weighted by atomic mass is 10.1. The van der Waals surface area contributed by atoms with Crippen LogP contribution in [0.4, 0.5) is 5.69 Å². The van der Waals surface area contributed by atoms with E-state index in [-0.39, 0.29) is 24.6 Å². The lowest BCUT2D eigenvalue weighted by Gasteiger charge is -2.23. The fraction of sp³-hybridized carbons (Fsp3) is 0.182. The lowest BCUT2D eigenvalue weighted by molar-refractivity contribution is -0.118. The van der Waals surface area contributed by atoms with Crippen LogP contribution >= 0.6 is 0 Å². The molecule has 6 nitrogen and oxygen atoms in total. The van der Waals surface area contributed by atoms with Crippen LogP contribution in [0.5, 0.6) is 17.2 Å². The number of phenols is 1. The molecular formula is C22H22N2O4. The Balaban J connectivity index is 1.89. The Morgan fingerprint density at radius 1 is 1.00 bits per heavy atom. The summed E-state index contributed by atoms with van der Waals surface area (Å²) >= 11 is 0. The largest absolute Gasteiger partial charge is 0.506 e. The van der Waals surface area contributed by atoms with E-state index in [1.807, 2.05) is 24.3 Å². The topological polar surface area (TPSA) is 71.9 Å². The number of benzene rings is 2. The number of anilines is 1. The van der Waals surface area contributed by atoms with E-state index in [1.54, 1.807) is 56.8 Å². The van der Waals surface area contributed by atoms with Crippen LogP contribution in [-0.4, -0.2) is 30.2 Å². The molecule has 6 heteroatoms. The van der Waals surface area contributed by atoms with Crippen molar-refractivity contribution in [3.8, 4) is 17.2 Å². The molecular weight excluding hydrogens is 356 g/mol. The fourth-order valence-electron chi connectivity index (χ4n) is 2.91. The SMILES string of the molecule is COc1ccc(CC(=O)N(Cc2ccccn2)c2ccccc2O)cc1OC. The van der Waals surface area contributed by atoms with E-state index >= 15 is 0 Å². The van der Waals surface area contributed by atoms with Crippen LogP contribution < -0.4 is 14.4 Å². The van der Waals surface area contributed by atoms with Gasteiger partial charge in [-0.25, -0.2) is 0 Å². The molecule has 0 unspecified atom stereocenters. The zero-order valence-corrected chi connectivity index (χ0v) is 15.8. The van der Waals surface area contributed by atoms with Crippen molar-refractivity contribution in [1.82, 2.24) is 4.98 Å². The molecule has 3 rings (SSSR count). The highest BCUT2D eigenvalue weighted by atomic mass is 16.5. The number of hydrogen-bond acceptors (Lipinski definition) is 5. The highest BCUT2D eigenvalue weighted by Gasteiger charge is 2.20. The Morgan fingerprint density at radius 2 is 1.75 bits per heavy atom. The molecule has 0 saturated heterocycles. The Labute approximate surface area is 164 Å². The van der Waals surface area contributed by atoms with Crippen molar-refractivity contribution in [2.75, 3.05) is 19.1 Å². The van der Waals surface area contributed by atoms with Crippen molar-refractivity contribution in [3.05, 3.63) is 78.1 Å². The van der Waals surface area contributed by atoms with Crippen molar-refractivity contribution in [2.24, 2.45) is 0 Å². The van der Waals surface area contributed by atoms with E-state index in [4.69, 9.17) is 9.47 Å². The van der Waals surface area contributed by atoms with Crippen molar-refractivity contribution >= 4 is 11.6 Å². The third kappa shape index (κ3) is 4.40. The zero-order valence-electron chi connectivity index (χ0n) is 15.8. The number of aromatic nitrogens is 1. The van der Waals surface area contributed by atoms with Gasteiger partial charge in [0.05, 0.1) is 38.6 Å². The smallest absolute Gasteiger partial charge is 0.231 e. The monoisotopic (exact) mass is 378 g/mol. The number of hydrogen-bond donors (Lipinski definition) is 1. The fourth-order valence-corrected chi connectivity index (χ4v) is 2.91. The molecule has 3 aromatic rings. The highest BCUT2D eigenvalue weighted by molar-refractivity contribution is 5.96. The van der Waals surface area contributed by atoms with Crippen LogP contribution in [0.15, 0.2) is 66.9 Å². The minimum atomic E-state index is -0.167. The van der Waals surface area contributed by atoms with Gasteiger partial charge in [0.2, 0.25) is 5.91 Å². The van der Waals surface area contributed by atoms with Gasteiger partial charge in [-0.05, 0) is 42.0 Å². The third-order valence-corrected chi connectivity index (χ3v) is 4.32. The molecule has 1 heterocycles. The molecule has 0 spiro atoms. The second-order valence-corrected chi connectivity index (χ2v) is 6.16. The summed E-state index contributed by atoms with van der Waals surface area (Å²) in [5.41, 5.74) is 1.95. The number of aromatic hydroxyl groups is 1. The van der Waals surface area contributed by atoms with Crippen molar-refractivity contribution in [3.63, 3.8) is 0 Å². The standard InChI is InChI=1S/C22H22N2O4/c1-27-20-11-10-16(13-21(20)28-2)14-22(26)24(15-17-7-5-6-12-23-17)18-8-3-4-9-19(18)25/h3-13,25H,14-15H2,1-2H3. The van der Waals surface area contributed by atoms with Crippen LogP contribution in [0.3, 0.4) is 0 Å². The number of carbonyl (C=O) groups excluding carboxylic acids is 1. The van der Waals surface area contributed by atoms with E-state index in [2.05, 4.69) is 4.98 Å². The van der Waals surface area contributed by atoms with Crippen molar-refractivity contribution in [1.29, 1.82) is 0 Å². The molecule has 0 radical (unpaired) electrons. The molecule has 0 aliphatic carbocycles. The summed E-state index contributed by atoms with van der Waals surface area (Å²) < 4.78 is 10.6. The van der Waals surface area contributed by atoms with E-state index in [0.29, 0.717) is 17.2 Å². The van der Waals surface area contributed by atoms with Gasteiger partial charge in [0.25, 0.3) is 0 Å². The van der Waals surface area contributed by atoms with Crippen LogP contribution in [0.25, 0.3) is 0 Å². The third-order valence-electron chi connectivity index (χ3n) is 4.32. The minimum Gasteiger partial charge on any atom is -0.506 e. The Kier molecular flexibility index (Phi) is 6.11. The Hall–Kier alpha value is -3.54. The molecule has 0 aliphatic rings. The molecule has 1 aromatic heterocycles. The second kappa shape index (κ2) is 8.90. The quantitative estimate of drug-likeness (QED) is 0.680. The van der Waals surface area contributed by atoms with E-state index in [0.717, 1.165) is 11.3 Å². The van der Waals surface area contributed by atoms with Gasteiger partial charge in [-0.3, -0.25) is 9.78 Å². The molecule has 0 bridgehead atoms. The maximum absolute atomic E-state index is 13.1. The first kappa shape index (κ1) is 19.2. The van der Waals surface area contributed by atoms with Gasteiger partial charge in [-0.15, -0.1) is 0 Å². The number of ether oxygens (including phenoxy) is 2. The number of para-hydroxylation sites is 2. The first-order valence-electron chi connectivity index (χ1n) is 8.81. The molecule has 0 saturated carbocycles. The van der Waals surface area contributed by atoms with Gasteiger partial charge in [-0.1, -0.05) is 24.3 Å². The average Bonchev–Trinajstić information content (AvgIpc) is 2.73. The van der Waals surface area contributed by atoms with Gasteiger partial charge >= 0.3 is 0 Å². The van der Waals surface area contributed by atoms with Gasteiger partial charge < -0.3 is 19.5 Å². The van der Waals surface area contributed by atoms with Gasteiger partial charge in [0, 0.05) is 6.20 Å². The first-order valence-corrected chi connectivity index (χ1v) is 8.81. The maximum Gasteiger partial charge on any atom is 0.231 e. The Bertz CT molecular complexity index is 944. The predicted octanol–water partition coefficient (Wildman–Crippen LogP) is 3.58. The minimum absolute atomic E-state index is 0.0408. The van der Waals surface area contributed by atoms with E-state index in [9.17, 15) is 9.90 Å². The number of nitrogens with zero attached hydrogens (tertiary/aromatic N) is 2. The second-order valence-electron chi connectivity index (χ2n) is 6.16. The van der Waals surface area contributed by atoms with E-state index in [1.165, 1.54) is 4.90 Å². The summed E-state index contributed by atoms with van der Waals surface area (Å²) in [5, 5.41) is 10.3. The van der Waals surface area contributed by atoms with Gasteiger partial charge in [0.1, 0.15) is 5.75 Å². The normalized spacial score (nSPS) is 10.4. The zero-order chi connectivity index (χ0) is 19.9. The molecule has 144 valence electrons. The maximum atomic E-state index is 13.1. The lowest BCUT2D eigenvalue weighted by Crippen LogP contribution is -2.32. The van der Waals surface area contributed by atoms with Crippen LogP contribution in [0.2, 0.25) is 0 Å². The summed E-state index contributed by atoms with van der Waals surface area (Å²) in [6, 6.07) is 17.7. The summed E-state index contributed by atoms with van der Waals surface area (Å²) in [5.74, 6) is 1.04. The van der Waals surface area contributed by atoms with Gasteiger partial charge in [0.15, 0.2) is 11.5 Å². The molecule has 0 aliphatic heterocycles. The molecule has 28 heavy (non-hydrogen) atoms. The predicted molar refractivity (Wildman–Crippen MR) is 107 cm³/mol. The number of pyridine rings is 1. The molecule has 0 atom stereocenters. The Morgan fingerprint density at radius 3 is 2.43 bits per heavy atom. The molecule has 1 N–H and O–H groups in total. The summed E-state index contributed by atoms with van der Waals surface area (Å²) in [7, 11) is 3.12. The van der Waals surface area contributed by atoms with Crippen LogP contribution in [0, 0.1) is 0 Å². The number of phenolic OH excluding ortho intramolecular Hbond substituents is 1. The molecule has 2 aromatic carbocycles. The van der Waals surface area contributed by atoms with Crippen molar-refractivity contribution < 1.29 is 19.4 Å². The van der Waals surface area contributed by atoms with Crippen LogP contribution in [0.1, 0.15) is 11.3 Å². The van der Waals surface area contributed by atoms with Gasteiger partial charge in [-0.2, -0.15) is 0 Å². The van der Waals surface area contributed by atoms with E-state index < -0.39 is 0 Å². The number of amides is 1. The van der Waals surface area contributed by atoms with Crippen LogP contribution in [-0.2, 0) is 17.8 Å². The average molecular weight is 378 g/mol. The highest BCUT2D eigenvalue weighted by Crippen LogP contribution is 2.30. The van der Waals surface area contributed by atoms with Crippen molar-refractivity contribution in [2.45, 2.75) is 13.0 Å². The number of carbonyl (C=O) groups is 1. The number of methoxy groups -OCH3 is 2. The summed E-state index contributed by atoms with van der Waals surface area (Å²) in [6.07, 6.45) is 1.82. The number of rotatable bonds is 7. The molecule has 0 fully saturated rings. The first-order chi connectivity index (χ1) is 13.6. The summed E-state index contributed by atoms with van der Waals surface area (Å²) in [6.45, 7) is 0.255.